The predicted molar refractivity (Wildman–Crippen MR) is 124 cm³/mol. The fourth-order valence-electron chi connectivity index (χ4n) is 3.86. The molecule has 0 aliphatic carbocycles. The fourth-order valence-corrected chi connectivity index (χ4v) is 5.08. The number of rotatable bonds is 6. The minimum Gasteiger partial charge on any atom is -0.396 e. The summed E-state index contributed by atoms with van der Waals surface area (Å²) < 4.78 is 14.8. The average Bonchev–Trinajstić information content (AvgIpc) is 3.00. The molecule has 1 saturated heterocycles. The zero-order valence-corrected chi connectivity index (χ0v) is 18.8. The van der Waals surface area contributed by atoms with Gasteiger partial charge in [-0.05, 0) is 55.7 Å². The molecular formula is C24H24FN3O4S. The van der Waals surface area contributed by atoms with Crippen molar-refractivity contribution in [3.8, 4) is 0 Å². The second-order valence-corrected chi connectivity index (χ2v) is 9.02. The van der Waals surface area contributed by atoms with Crippen LogP contribution in [0.4, 0.5) is 4.39 Å². The lowest BCUT2D eigenvalue weighted by Crippen LogP contribution is -2.41. The lowest BCUT2D eigenvalue weighted by atomic mass is 10.2. The number of amides is 2. The molecule has 33 heavy (non-hydrogen) atoms. The second kappa shape index (κ2) is 10.3. The Kier molecular flexibility index (Phi) is 7.20. The number of halogens is 1. The zero-order chi connectivity index (χ0) is 23.4. The highest BCUT2D eigenvalue weighted by molar-refractivity contribution is 8.00. The third kappa shape index (κ3) is 4.99. The Morgan fingerprint density at radius 2 is 1.88 bits per heavy atom. The number of imide groups is 1. The van der Waals surface area contributed by atoms with E-state index in [9.17, 15) is 23.9 Å². The molecule has 0 saturated carbocycles. The number of aromatic nitrogens is 2. The summed E-state index contributed by atoms with van der Waals surface area (Å²) in [5, 5.41) is 9.55. The van der Waals surface area contributed by atoms with Gasteiger partial charge in [0.1, 0.15) is 5.82 Å². The summed E-state index contributed by atoms with van der Waals surface area (Å²) in [4.78, 5) is 45.3. The molecule has 1 unspecified atom stereocenters. The van der Waals surface area contributed by atoms with Crippen LogP contribution in [0.5, 0.6) is 0 Å². The Morgan fingerprint density at radius 1 is 1.12 bits per heavy atom. The molecule has 2 amide bonds. The van der Waals surface area contributed by atoms with Crippen molar-refractivity contribution in [2.24, 2.45) is 0 Å². The van der Waals surface area contributed by atoms with Crippen molar-refractivity contribution in [1.82, 2.24) is 14.5 Å². The van der Waals surface area contributed by atoms with E-state index in [1.807, 2.05) is 0 Å². The zero-order valence-electron chi connectivity index (χ0n) is 17.9. The number of aliphatic hydroxyl groups excluding tert-OH is 1. The quantitative estimate of drug-likeness (QED) is 0.440. The molecule has 1 aromatic heterocycles. The van der Waals surface area contributed by atoms with Crippen molar-refractivity contribution >= 4 is 34.5 Å². The van der Waals surface area contributed by atoms with Crippen LogP contribution in [0.2, 0.25) is 0 Å². The minimum atomic E-state index is -0.592. The largest absolute Gasteiger partial charge is 0.396 e. The van der Waals surface area contributed by atoms with E-state index in [0.29, 0.717) is 35.3 Å². The first-order valence-corrected chi connectivity index (χ1v) is 11.8. The van der Waals surface area contributed by atoms with Crippen LogP contribution in [-0.2, 0) is 11.3 Å². The molecule has 1 atom stereocenters. The first kappa shape index (κ1) is 23.1. The van der Waals surface area contributed by atoms with Crippen molar-refractivity contribution in [2.75, 3.05) is 13.2 Å². The highest BCUT2D eigenvalue weighted by atomic mass is 32.2. The van der Waals surface area contributed by atoms with Crippen LogP contribution in [0.3, 0.4) is 0 Å². The molecule has 7 nitrogen and oxygen atoms in total. The number of fused-ring (bicyclic) bond motifs is 1. The Labute approximate surface area is 194 Å². The summed E-state index contributed by atoms with van der Waals surface area (Å²) in [5.74, 6) is -1.26. The summed E-state index contributed by atoms with van der Waals surface area (Å²) in [6, 6.07) is 12.1. The van der Waals surface area contributed by atoms with E-state index in [1.165, 1.54) is 45.5 Å². The van der Waals surface area contributed by atoms with Crippen LogP contribution in [-0.4, -0.2) is 49.8 Å². The number of thioether (sulfide) groups is 1. The van der Waals surface area contributed by atoms with Crippen molar-refractivity contribution in [2.45, 2.75) is 42.6 Å². The van der Waals surface area contributed by atoms with E-state index in [0.717, 1.165) is 6.42 Å². The van der Waals surface area contributed by atoms with Gasteiger partial charge >= 0.3 is 0 Å². The molecule has 0 bridgehead atoms. The van der Waals surface area contributed by atoms with Crippen LogP contribution >= 0.6 is 11.8 Å². The van der Waals surface area contributed by atoms with Crippen LogP contribution in [0, 0.1) is 5.82 Å². The van der Waals surface area contributed by atoms with Gasteiger partial charge < -0.3 is 5.11 Å². The van der Waals surface area contributed by atoms with Crippen molar-refractivity contribution < 1.29 is 19.1 Å². The molecule has 1 N–H and O–H groups in total. The average molecular weight is 470 g/mol. The molecule has 172 valence electrons. The molecule has 1 fully saturated rings. The van der Waals surface area contributed by atoms with Crippen LogP contribution < -0.4 is 5.56 Å². The summed E-state index contributed by atoms with van der Waals surface area (Å²) in [5.41, 5.74) is 0.557. The number of benzene rings is 2. The summed E-state index contributed by atoms with van der Waals surface area (Å²) in [7, 11) is 0. The Morgan fingerprint density at radius 3 is 2.64 bits per heavy atom. The number of hydrogen-bond acceptors (Lipinski definition) is 6. The highest BCUT2D eigenvalue weighted by Crippen LogP contribution is 2.30. The lowest BCUT2D eigenvalue weighted by molar-refractivity contribution is -0.127. The van der Waals surface area contributed by atoms with Gasteiger partial charge in [-0.3, -0.25) is 23.9 Å². The first-order chi connectivity index (χ1) is 16.0. The molecule has 3 aromatic rings. The summed E-state index contributed by atoms with van der Waals surface area (Å²) in [6.07, 6.45) is 2.32. The Hall–Kier alpha value is -3.04. The first-order valence-electron chi connectivity index (χ1n) is 10.9. The van der Waals surface area contributed by atoms with E-state index in [-0.39, 0.29) is 36.7 Å². The van der Waals surface area contributed by atoms with Gasteiger partial charge in [-0.15, -0.1) is 0 Å². The smallest absolute Gasteiger partial charge is 0.262 e. The number of likely N-dealkylation sites (tertiary alicyclic amines) is 1. The van der Waals surface area contributed by atoms with E-state index < -0.39 is 17.0 Å². The van der Waals surface area contributed by atoms with Gasteiger partial charge in [0.05, 0.1) is 16.2 Å². The van der Waals surface area contributed by atoms with Crippen LogP contribution in [0.1, 0.15) is 36.0 Å². The number of aliphatic hydroxyl groups is 1. The molecule has 2 heterocycles. The molecule has 1 aliphatic rings. The van der Waals surface area contributed by atoms with Gasteiger partial charge in [-0.1, -0.05) is 30.3 Å². The Bertz CT molecular complexity index is 1230. The fraction of sp³-hybridized carbons (Fsp3) is 0.333. The molecule has 9 heteroatoms. The van der Waals surface area contributed by atoms with E-state index in [1.54, 1.807) is 24.3 Å². The van der Waals surface area contributed by atoms with Gasteiger partial charge in [-0.2, -0.15) is 0 Å². The lowest BCUT2D eigenvalue weighted by Gasteiger charge is -2.23. The van der Waals surface area contributed by atoms with Crippen LogP contribution in [0.25, 0.3) is 10.9 Å². The van der Waals surface area contributed by atoms with Crippen molar-refractivity contribution in [1.29, 1.82) is 0 Å². The maximum atomic E-state index is 13.4. The van der Waals surface area contributed by atoms with Gasteiger partial charge in [0.15, 0.2) is 5.16 Å². The molecule has 0 spiro atoms. The standard InChI is InChI=1S/C24H24FN3O4S/c25-17-11-9-16(10-12-17)21(30)27-13-4-3-8-20(23(27)32)33-24-26-19-7-2-1-6-18(19)22(31)28(24)14-5-15-29/h1-2,6-7,9-12,20,29H,3-5,8,13-15H2. The molecular weight excluding hydrogens is 445 g/mol. The van der Waals surface area contributed by atoms with E-state index >= 15 is 0 Å². The number of nitrogens with zero attached hydrogens (tertiary/aromatic N) is 3. The summed E-state index contributed by atoms with van der Waals surface area (Å²) >= 11 is 1.18. The molecule has 1 aliphatic heterocycles. The SMILES string of the molecule is O=C(c1ccc(F)cc1)N1CCCCC(Sc2nc3ccccc3c(=O)n2CCCO)C1=O. The van der Waals surface area contributed by atoms with Crippen LogP contribution in [0.15, 0.2) is 58.5 Å². The van der Waals surface area contributed by atoms with Gasteiger partial charge in [0.25, 0.3) is 11.5 Å². The van der Waals surface area contributed by atoms with E-state index in [2.05, 4.69) is 4.98 Å². The number of carbonyl (C=O) groups is 2. The number of para-hydroxylation sites is 1. The van der Waals surface area contributed by atoms with Crippen molar-refractivity contribution in [3.63, 3.8) is 0 Å². The molecule has 2 aromatic carbocycles. The normalized spacial score (nSPS) is 16.7. The van der Waals surface area contributed by atoms with Crippen molar-refractivity contribution in [3.05, 3.63) is 70.3 Å². The third-order valence-electron chi connectivity index (χ3n) is 5.59. The maximum Gasteiger partial charge on any atom is 0.262 e. The molecule has 0 radical (unpaired) electrons. The van der Waals surface area contributed by atoms with Gasteiger partial charge in [-0.25, -0.2) is 9.37 Å². The number of carbonyl (C=O) groups excluding carboxylic acids is 2. The maximum absolute atomic E-state index is 13.4. The predicted octanol–water partition coefficient (Wildman–Crippen LogP) is 3.23. The number of hydrogen-bond donors (Lipinski definition) is 1. The van der Waals surface area contributed by atoms with Gasteiger partial charge in [0, 0.05) is 25.3 Å². The monoisotopic (exact) mass is 469 g/mol. The second-order valence-electron chi connectivity index (χ2n) is 7.85. The minimum absolute atomic E-state index is 0.0777. The topological polar surface area (TPSA) is 92.5 Å². The Balaban J connectivity index is 1.66. The molecule has 4 rings (SSSR count). The van der Waals surface area contributed by atoms with E-state index in [4.69, 9.17) is 0 Å². The van der Waals surface area contributed by atoms with Gasteiger partial charge in [0.2, 0.25) is 5.91 Å². The third-order valence-corrected chi connectivity index (χ3v) is 6.83. The summed E-state index contributed by atoms with van der Waals surface area (Å²) in [6.45, 7) is 0.481. The highest BCUT2D eigenvalue weighted by Gasteiger charge is 2.33.